The Labute approximate surface area is 131 Å². The quantitative estimate of drug-likeness (QED) is 0.912. The van der Waals surface area contributed by atoms with Crippen molar-refractivity contribution >= 4 is 20.9 Å². The van der Waals surface area contributed by atoms with Gasteiger partial charge in [-0.1, -0.05) is 12.8 Å². The number of hydrogen-bond donors (Lipinski definition) is 2. The Balaban J connectivity index is 1.72. The van der Waals surface area contributed by atoms with Crippen molar-refractivity contribution in [3.63, 3.8) is 0 Å². The van der Waals surface area contributed by atoms with Gasteiger partial charge >= 0.3 is 0 Å². The Morgan fingerprint density at radius 2 is 1.82 bits per heavy atom. The number of aromatic amines is 1. The van der Waals surface area contributed by atoms with Gasteiger partial charge < -0.3 is 4.98 Å². The van der Waals surface area contributed by atoms with Crippen molar-refractivity contribution in [2.24, 2.45) is 0 Å². The number of aromatic nitrogens is 1. The molecular weight excluding hydrogens is 296 g/mol. The first-order valence-corrected chi connectivity index (χ1v) is 9.78. The van der Waals surface area contributed by atoms with Crippen LogP contribution in [0.25, 0.3) is 10.9 Å². The molecule has 0 unspecified atom stereocenters. The summed E-state index contributed by atoms with van der Waals surface area (Å²) in [6, 6.07) is 5.60. The molecule has 1 saturated carbocycles. The predicted octanol–water partition coefficient (Wildman–Crippen LogP) is 3.27. The number of rotatable bonds is 3. The van der Waals surface area contributed by atoms with Crippen molar-refractivity contribution in [1.29, 1.82) is 0 Å². The van der Waals surface area contributed by atoms with E-state index in [1.807, 2.05) is 12.1 Å². The molecule has 0 spiro atoms. The summed E-state index contributed by atoms with van der Waals surface area (Å²) < 4.78 is 28.1. The summed E-state index contributed by atoms with van der Waals surface area (Å²) in [5.74, 6) is 0. The summed E-state index contributed by atoms with van der Waals surface area (Å²) in [6.07, 6.45) is 8.70. The molecule has 22 heavy (non-hydrogen) atoms. The van der Waals surface area contributed by atoms with Crippen molar-refractivity contribution in [3.05, 3.63) is 29.5 Å². The van der Waals surface area contributed by atoms with E-state index in [1.54, 1.807) is 6.07 Å². The first-order valence-electron chi connectivity index (χ1n) is 8.29. The van der Waals surface area contributed by atoms with Crippen LogP contribution in [0.4, 0.5) is 0 Å². The van der Waals surface area contributed by atoms with Crippen molar-refractivity contribution in [2.75, 3.05) is 0 Å². The van der Waals surface area contributed by atoms with E-state index in [0.29, 0.717) is 4.90 Å². The number of aryl methyl sites for hydroxylation is 2. The maximum atomic E-state index is 12.6. The van der Waals surface area contributed by atoms with Gasteiger partial charge in [-0.15, -0.1) is 0 Å². The van der Waals surface area contributed by atoms with Crippen LogP contribution in [-0.2, 0) is 22.9 Å². The molecule has 0 amide bonds. The maximum absolute atomic E-state index is 12.6. The molecule has 4 nitrogen and oxygen atoms in total. The molecule has 2 aliphatic carbocycles. The minimum atomic E-state index is -3.40. The highest BCUT2D eigenvalue weighted by Gasteiger charge is 2.24. The van der Waals surface area contributed by atoms with Crippen LogP contribution >= 0.6 is 0 Å². The monoisotopic (exact) mass is 318 g/mol. The second-order valence-electron chi connectivity index (χ2n) is 6.60. The lowest BCUT2D eigenvalue weighted by atomic mass is 9.96. The molecule has 2 N–H and O–H groups in total. The van der Waals surface area contributed by atoms with Gasteiger partial charge in [0.15, 0.2) is 0 Å². The Bertz CT molecular complexity index is 801. The molecule has 118 valence electrons. The SMILES string of the molecule is O=S(=O)(NC1CCCC1)c1ccc2[nH]c3c(c2c1)CCCC3. The second kappa shape index (κ2) is 5.39. The van der Waals surface area contributed by atoms with E-state index in [2.05, 4.69) is 9.71 Å². The Morgan fingerprint density at radius 3 is 2.64 bits per heavy atom. The van der Waals surface area contributed by atoms with Gasteiger partial charge in [0.2, 0.25) is 10.0 Å². The average Bonchev–Trinajstić information content (AvgIpc) is 3.13. The highest BCUT2D eigenvalue weighted by atomic mass is 32.2. The number of fused-ring (bicyclic) bond motifs is 3. The zero-order valence-electron chi connectivity index (χ0n) is 12.7. The topological polar surface area (TPSA) is 62.0 Å². The van der Waals surface area contributed by atoms with E-state index in [9.17, 15) is 8.42 Å². The van der Waals surface area contributed by atoms with E-state index in [0.717, 1.165) is 49.4 Å². The smallest absolute Gasteiger partial charge is 0.240 e. The Hall–Kier alpha value is -1.33. The van der Waals surface area contributed by atoms with Crippen LogP contribution in [0, 0.1) is 0 Å². The lowest BCUT2D eigenvalue weighted by Gasteiger charge is -2.13. The zero-order valence-corrected chi connectivity index (χ0v) is 13.5. The number of hydrogen-bond acceptors (Lipinski definition) is 2. The van der Waals surface area contributed by atoms with Crippen LogP contribution in [0.2, 0.25) is 0 Å². The molecule has 1 aromatic heterocycles. The lowest BCUT2D eigenvalue weighted by Crippen LogP contribution is -2.32. The van der Waals surface area contributed by atoms with Gasteiger partial charge in [-0.05, 0) is 62.3 Å². The van der Waals surface area contributed by atoms with Crippen LogP contribution in [0.15, 0.2) is 23.1 Å². The molecular formula is C17H22N2O2S. The summed E-state index contributed by atoms with van der Waals surface area (Å²) in [5, 5.41) is 1.09. The summed E-state index contributed by atoms with van der Waals surface area (Å²) in [4.78, 5) is 3.85. The van der Waals surface area contributed by atoms with E-state index < -0.39 is 10.0 Å². The van der Waals surface area contributed by atoms with Crippen LogP contribution in [0.1, 0.15) is 49.8 Å². The van der Waals surface area contributed by atoms with Crippen molar-refractivity contribution in [3.8, 4) is 0 Å². The fourth-order valence-electron chi connectivity index (χ4n) is 3.88. The Morgan fingerprint density at radius 1 is 1.05 bits per heavy atom. The summed E-state index contributed by atoms with van der Waals surface area (Å²) in [7, 11) is -3.40. The highest BCUT2D eigenvalue weighted by molar-refractivity contribution is 7.89. The van der Waals surface area contributed by atoms with Gasteiger partial charge in [0.25, 0.3) is 0 Å². The molecule has 2 aromatic rings. The third-order valence-electron chi connectivity index (χ3n) is 5.06. The number of benzene rings is 1. The fourth-order valence-corrected chi connectivity index (χ4v) is 5.21. The first kappa shape index (κ1) is 14.3. The summed E-state index contributed by atoms with van der Waals surface area (Å²) in [6.45, 7) is 0. The van der Waals surface area contributed by atoms with Crippen LogP contribution in [-0.4, -0.2) is 19.4 Å². The highest BCUT2D eigenvalue weighted by Crippen LogP contribution is 2.31. The van der Waals surface area contributed by atoms with Gasteiger partial charge in [-0.2, -0.15) is 0 Å². The largest absolute Gasteiger partial charge is 0.358 e. The van der Waals surface area contributed by atoms with Crippen LogP contribution < -0.4 is 4.72 Å². The molecule has 2 aliphatic rings. The van der Waals surface area contributed by atoms with E-state index in [-0.39, 0.29) is 6.04 Å². The van der Waals surface area contributed by atoms with E-state index in [1.165, 1.54) is 24.1 Å². The zero-order chi connectivity index (χ0) is 15.2. The molecule has 0 atom stereocenters. The minimum absolute atomic E-state index is 0.112. The van der Waals surface area contributed by atoms with Crippen molar-refractivity contribution < 1.29 is 8.42 Å². The molecule has 1 heterocycles. The standard InChI is InChI=1S/C17H22N2O2S/c20-22(21,19-12-5-1-2-6-12)13-9-10-17-15(11-13)14-7-3-4-8-16(14)18-17/h9-12,18-19H,1-8H2. The minimum Gasteiger partial charge on any atom is -0.358 e. The number of H-pyrrole nitrogens is 1. The van der Waals surface area contributed by atoms with Crippen LogP contribution in [0.3, 0.4) is 0 Å². The fraction of sp³-hybridized carbons (Fsp3) is 0.529. The predicted molar refractivity (Wildman–Crippen MR) is 87.5 cm³/mol. The summed E-state index contributed by atoms with van der Waals surface area (Å²) >= 11 is 0. The van der Waals surface area contributed by atoms with Gasteiger partial charge in [-0.3, -0.25) is 0 Å². The molecule has 1 fully saturated rings. The van der Waals surface area contributed by atoms with Crippen LogP contribution in [0.5, 0.6) is 0 Å². The van der Waals surface area contributed by atoms with Crippen molar-refractivity contribution in [2.45, 2.75) is 62.3 Å². The normalized spacial score (nSPS) is 19.6. The molecule has 0 aliphatic heterocycles. The maximum Gasteiger partial charge on any atom is 0.240 e. The van der Waals surface area contributed by atoms with E-state index in [4.69, 9.17) is 0 Å². The molecule has 4 rings (SSSR count). The average molecular weight is 318 g/mol. The molecule has 1 aromatic carbocycles. The number of sulfonamides is 1. The number of nitrogens with one attached hydrogen (secondary N) is 2. The first-order chi connectivity index (χ1) is 10.6. The van der Waals surface area contributed by atoms with E-state index >= 15 is 0 Å². The van der Waals surface area contributed by atoms with Gasteiger partial charge in [0, 0.05) is 22.6 Å². The molecule has 0 saturated heterocycles. The van der Waals surface area contributed by atoms with Gasteiger partial charge in [-0.25, -0.2) is 13.1 Å². The third kappa shape index (κ3) is 2.46. The molecule has 0 radical (unpaired) electrons. The molecule has 0 bridgehead atoms. The Kier molecular flexibility index (Phi) is 3.50. The van der Waals surface area contributed by atoms with Gasteiger partial charge in [0.1, 0.15) is 0 Å². The summed E-state index contributed by atoms with van der Waals surface area (Å²) in [5.41, 5.74) is 3.67. The van der Waals surface area contributed by atoms with Gasteiger partial charge in [0.05, 0.1) is 4.90 Å². The lowest BCUT2D eigenvalue weighted by molar-refractivity contribution is 0.552. The third-order valence-corrected chi connectivity index (χ3v) is 6.58. The second-order valence-corrected chi connectivity index (χ2v) is 8.31. The molecule has 5 heteroatoms. The van der Waals surface area contributed by atoms with Crippen molar-refractivity contribution in [1.82, 2.24) is 9.71 Å².